The van der Waals surface area contributed by atoms with Crippen LogP contribution in [0.3, 0.4) is 0 Å². The Labute approximate surface area is 110 Å². The van der Waals surface area contributed by atoms with Gasteiger partial charge >= 0.3 is 0 Å². The third-order valence-corrected chi connectivity index (χ3v) is 3.28. The molecule has 0 saturated heterocycles. The van der Waals surface area contributed by atoms with Crippen molar-refractivity contribution in [2.45, 2.75) is 19.4 Å². The van der Waals surface area contributed by atoms with Crippen molar-refractivity contribution in [1.82, 2.24) is 15.0 Å². The fraction of sp³-hybridized carbons (Fsp3) is 0.308. The standard InChI is InChI=1S/C13H16F2N4/c1-8-17-7-13(19(8)2)12(18-16)6-9-10(14)4-3-5-11(9)15/h3-5,7,12,18H,6,16H2,1-2H3. The molecule has 0 aliphatic rings. The lowest BCUT2D eigenvalue weighted by molar-refractivity contribution is 0.483. The van der Waals surface area contributed by atoms with Gasteiger partial charge in [-0.3, -0.25) is 11.3 Å². The number of nitrogens with one attached hydrogen (secondary N) is 1. The highest BCUT2D eigenvalue weighted by molar-refractivity contribution is 5.23. The van der Waals surface area contributed by atoms with Crippen LogP contribution < -0.4 is 11.3 Å². The lowest BCUT2D eigenvalue weighted by atomic mass is 10.0. The number of aromatic nitrogens is 2. The predicted octanol–water partition coefficient (Wildman–Crippen LogP) is 1.75. The van der Waals surface area contributed by atoms with E-state index in [-0.39, 0.29) is 12.0 Å². The van der Waals surface area contributed by atoms with Gasteiger partial charge in [0.15, 0.2) is 0 Å². The van der Waals surface area contributed by atoms with Crippen LogP contribution in [0.25, 0.3) is 0 Å². The fourth-order valence-electron chi connectivity index (χ4n) is 2.02. The number of nitrogens with two attached hydrogens (primary N) is 1. The summed E-state index contributed by atoms with van der Waals surface area (Å²) in [6, 6.07) is 3.41. The molecule has 0 spiro atoms. The lowest BCUT2D eigenvalue weighted by Gasteiger charge is -2.17. The number of imidazole rings is 1. The van der Waals surface area contributed by atoms with E-state index in [0.29, 0.717) is 0 Å². The van der Waals surface area contributed by atoms with Gasteiger partial charge in [0.1, 0.15) is 17.5 Å². The van der Waals surface area contributed by atoms with E-state index in [1.165, 1.54) is 18.2 Å². The maximum absolute atomic E-state index is 13.6. The summed E-state index contributed by atoms with van der Waals surface area (Å²) in [5.41, 5.74) is 3.38. The Morgan fingerprint density at radius 2 is 2.00 bits per heavy atom. The van der Waals surface area contributed by atoms with Crippen LogP contribution in [0.15, 0.2) is 24.4 Å². The largest absolute Gasteiger partial charge is 0.334 e. The Hall–Kier alpha value is -1.79. The molecule has 2 rings (SSSR count). The summed E-state index contributed by atoms with van der Waals surface area (Å²) in [6.45, 7) is 1.85. The van der Waals surface area contributed by atoms with Crippen molar-refractivity contribution in [1.29, 1.82) is 0 Å². The first-order valence-electron chi connectivity index (χ1n) is 5.91. The summed E-state index contributed by atoms with van der Waals surface area (Å²) in [5, 5.41) is 0. The predicted molar refractivity (Wildman–Crippen MR) is 68.1 cm³/mol. The number of aryl methyl sites for hydroxylation is 1. The van der Waals surface area contributed by atoms with Gasteiger partial charge in [-0.1, -0.05) is 6.07 Å². The molecule has 0 amide bonds. The van der Waals surface area contributed by atoms with Crippen LogP contribution in [0.4, 0.5) is 8.78 Å². The fourth-order valence-corrected chi connectivity index (χ4v) is 2.02. The molecule has 0 aliphatic carbocycles. The topological polar surface area (TPSA) is 55.9 Å². The summed E-state index contributed by atoms with van der Waals surface area (Å²) in [7, 11) is 1.83. The Balaban J connectivity index is 2.32. The summed E-state index contributed by atoms with van der Waals surface area (Å²) < 4.78 is 29.1. The van der Waals surface area contributed by atoms with E-state index < -0.39 is 17.7 Å². The lowest BCUT2D eigenvalue weighted by Crippen LogP contribution is -2.31. The van der Waals surface area contributed by atoms with Gasteiger partial charge in [0.2, 0.25) is 0 Å². The van der Waals surface area contributed by atoms with Crippen molar-refractivity contribution in [2.75, 3.05) is 0 Å². The van der Waals surface area contributed by atoms with Gasteiger partial charge in [0, 0.05) is 19.0 Å². The first-order valence-corrected chi connectivity index (χ1v) is 5.91. The minimum Gasteiger partial charge on any atom is -0.334 e. The van der Waals surface area contributed by atoms with Gasteiger partial charge in [-0.2, -0.15) is 0 Å². The molecule has 3 N–H and O–H groups in total. The average Bonchev–Trinajstić information content (AvgIpc) is 2.71. The molecule has 0 aliphatic heterocycles. The second-order valence-corrected chi connectivity index (χ2v) is 4.41. The van der Waals surface area contributed by atoms with E-state index in [9.17, 15) is 8.78 Å². The molecule has 19 heavy (non-hydrogen) atoms. The molecular formula is C13H16F2N4. The van der Waals surface area contributed by atoms with Crippen molar-refractivity contribution in [3.63, 3.8) is 0 Å². The van der Waals surface area contributed by atoms with Crippen LogP contribution >= 0.6 is 0 Å². The first-order chi connectivity index (χ1) is 9.04. The van der Waals surface area contributed by atoms with Gasteiger partial charge in [-0.25, -0.2) is 13.8 Å². The zero-order valence-electron chi connectivity index (χ0n) is 10.8. The van der Waals surface area contributed by atoms with E-state index in [1.54, 1.807) is 6.20 Å². The van der Waals surface area contributed by atoms with Gasteiger partial charge in [0.05, 0.1) is 17.9 Å². The monoisotopic (exact) mass is 266 g/mol. The van der Waals surface area contributed by atoms with Gasteiger partial charge < -0.3 is 4.57 Å². The second kappa shape index (κ2) is 5.46. The molecule has 1 aromatic heterocycles. The minimum atomic E-state index is -0.570. The molecular weight excluding hydrogens is 250 g/mol. The zero-order valence-corrected chi connectivity index (χ0v) is 10.8. The van der Waals surface area contributed by atoms with Crippen molar-refractivity contribution in [3.8, 4) is 0 Å². The second-order valence-electron chi connectivity index (χ2n) is 4.41. The SMILES string of the molecule is Cc1ncc(C(Cc2c(F)cccc2F)NN)n1C. The van der Waals surface area contributed by atoms with Crippen LogP contribution in [0.5, 0.6) is 0 Å². The molecule has 1 aromatic carbocycles. The molecule has 0 fully saturated rings. The quantitative estimate of drug-likeness (QED) is 0.655. The molecule has 102 valence electrons. The van der Waals surface area contributed by atoms with Crippen molar-refractivity contribution >= 4 is 0 Å². The average molecular weight is 266 g/mol. The van der Waals surface area contributed by atoms with Crippen molar-refractivity contribution in [2.24, 2.45) is 12.9 Å². The van der Waals surface area contributed by atoms with Crippen molar-refractivity contribution < 1.29 is 8.78 Å². The Morgan fingerprint density at radius 1 is 1.37 bits per heavy atom. The van der Waals surface area contributed by atoms with Crippen LogP contribution in [0, 0.1) is 18.6 Å². The maximum Gasteiger partial charge on any atom is 0.129 e. The number of hydrogen-bond acceptors (Lipinski definition) is 3. The van der Waals surface area contributed by atoms with Crippen LogP contribution in [-0.4, -0.2) is 9.55 Å². The van der Waals surface area contributed by atoms with E-state index in [0.717, 1.165) is 11.5 Å². The van der Waals surface area contributed by atoms with E-state index >= 15 is 0 Å². The molecule has 1 heterocycles. The molecule has 1 unspecified atom stereocenters. The molecule has 4 nitrogen and oxygen atoms in total. The Bertz CT molecular complexity index is 560. The number of hydrazine groups is 1. The highest BCUT2D eigenvalue weighted by Gasteiger charge is 2.19. The normalized spacial score (nSPS) is 12.7. The minimum absolute atomic E-state index is 0.0179. The molecule has 6 heteroatoms. The van der Waals surface area contributed by atoms with E-state index in [4.69, 9.17) is 5.84 Å². The van der Waals surface area contributed by atoms with Crippen LogP contribution in [0.2, 0.25) is 0 Å². The van der Waals surface area contributed by atoms with Gasteiger partial charge in [0.25, 0.3) is 0 Å². The molecule has 0 radical (unpaired) electrons. The van der Waals surface area contributed by atoms with Gasteiger partial charge in [-0.05, 0) is 19.1 Å². The Kier molecular flexibility index (Phi) is 3.92. The molecule has 2 aromatic rings. The van der Waals surface area contributed by atoms with Gasteiger partial charge in [-0.15, -0.1) is 0 Å². The number of rotatable bonds is 4. The zero-order chi connectivity index (χ0) is 14.0. The van der Waals surface area contributed by atoms with Crippen LogP contribution in [-0.2, 0) is 13.5 Å². The summed E-state index contributed by atoms with van der Waals surface area (Å²) in [5.74, 6) is 5.16. The first kappa shape index (κ1) is 13.6. The molecule has 1 atom stereocenters. The number of nitrogens with zero attached hydrogens (tertiary/aromatic N) is 2. The third kappa shape index (κ3) is 2.64. The third-order valence-electron chi connectivity index (χ3n) is 3.28. The smallest absolute Gasteiger partial charge is 0.129 e. The number of halogens is 2. The van der Waals surface area contributed by atoms with E-state index in [1.807, 2.05) is 18.5 Å². The molecule has 0 bridgehead atoms. The molecule has 0 saturated carbocycles. The highest BCUT2D eigenvalue weighted by Crippen LogP contribution is 2.22. The van der Waals surface area contributed by atoms with Crippen molar-refractivity contribution in [3.05, 3.63) is 53.1 Å². The highest BCUT2D eigenvalue weighted by atomic mass is 19.1. The summed E-state index contributed by atoms with van der Waals surface area (Å²) >= 11 is 0. The Morgan fingerprint density at radius 3 is 2.47 bits per heavy atom. The maximum atomic E-state index is 13.6. The number of benzene rings is 1. The summed E-state index contributed by atoms with van der Waals surface area (Å²) in [6.07, 6.45) is 1.77. The summed E-state index contributed by atoms with van der Waals surface area (Å²) in [4.78, 5) is 4.15. The van der Waals surface area contributed by atoms with Crippen LogP contribution in [0.1, 0.15) is 23.1 Å². The van der Waals surface area contributed by atoms with E-state index in [2.05, 4.69) is 10.4 Å². The number of hydrogen-bond donors (Lipinski definition) is 2.